The van der Waals surface area contributed by atoms with Gasteiger partial charge in [-0.15, -0.1) is 0 Å². The third-order valence-electron chi connectivity index (χ3n) is 3.72. The van der Waals surface area contributed by atoms with Crippen LogP contribution in [0.1, 0.15) is 22.8 Å². The SMILES string of the molecule is CCOC(=O)NCC(=O)N(C)c1ccc(Cl)cc1C(=O)c1ccccc1Cl. The van der Waals surface area contributed by atoms with E-state index >= 15 is 0 Å². The van der Waals surface area contributed by atoms with Crippen molar-refractivity contribution in [2.45, 2.75) is 6.92 Å². The molecule has 0 radical (unpaired) electrons. The molecule has 2 amide bonds. The zero-order valence-electron chi connectivity index (χ0n) is 14.8. The Morgan fingerprint density at radius 1 is 1.07 bits per heavy atom. The van der Waals surface area contributed by atoms with Crippen molar-refractivity contribution < 1.29 is 19.1 Å². The second-order valence-corrected chi connectivity index (χ2v) is 6.34. The third kappa shape index (κ3) is 5.21. The molecule has 0 heterocycles. The van der Waals surface area contributed by atoms with Crippen LogP contribution < -0.4 is 10.2 Å². The van der Waals surface area contributed by atoms with E-state index in [1.165, 1.54) is 18.0 Å². The average Bonchev–Trinajstić information content (AvgIpc) is 2.65. The summed E-state index contributed by atoms with van der Waals surface area (Å²) in [6.07, 6.45) is -0.692. The van der Waals surface area contributed by atoms with Crippen molar-refractivity contribution in [3.63, 3.8) is 0 Å². The van der Waals surface area contributed by atoms with Crippen LogP contribution in [0.2, 0.25) is 10.0 Å². The Morgan fingerprint density at radius 2 is 1.78 bits per heavy atom. The first kappa shape index (κ1) is 20.7. The summed E-state index contributed by atoms with van der Waals surface area (Å²) in [7, 11) is 1.50. The number of amides is 2. The predicted molar refractivity (Wildman–Crippen MR) is 105 cm³/mol. The van der Waals surface area contributed by atoms with E-state index in [0.29, 0.717) is 21.3 Å². The number of alkyl carbamates (subject to hydrolysis) is 1. The quantitative estimate of drug-likeness (QED) is 0.734. The van der Waals surface area contributed by atoms with Crippen molar-refractivity contribution >= 4 is 46.7 Å². The van der Waals surface area contributed by atoms with Crippen molar-refractivity contribution in [1.82, 2.24) is 5.32 Å². The highest BCUT2D eigenvalue weighted by Crippen LogP contribution is 2.28. The van der Waals surface area contributed by atoms with Crippen LogP contribution in [0.3, 0.4) is 0 Å². The molecule has 0 aromatic heterocycles. The van der Waals surface area contributed by atoms with E-state index in [4.69, 9.17) is 27.9 Å². The molecule has 0 spiro atoms. The van der Waals surface area contributed by atoms with Gasteiger partial charge in [-0.3, -0.25) is 9.59 Å². The zero-order valence-corrected chi connectivity index (χ0v) is 16.3. The van der Waals surface area contributed by atoms with Crippen LogP contribution in [-0.2, 0) is 9.53 Å². The Labute approximate surface area is 167 Å². The molecular formula is C19H18Cl2N2O4. The summed E-state index contributed by atoms with van der Waals surface area (Å²) in [5.74, 6) is -0.797. The summed E-state index contributed by atoms with van der Waals surface area (Å²) in [6, 6.07) is 11.2. The number of hydrogen-bond donors (Lipinski definition) is 1. The topological polar surface area (TPSA) is 75.7 Å². The molecule has 2 rings (SSSR count). The molecule has 0 aliphatic rings. The third-order valence-corrected chi connectivity index (χ3v) is 4.28. The van der Waals surface area contributed by atoms with Crippen LogP contribution in [0.5, 0.6) is 0 Å². The van der Waals surface area contributed by atoms with Crippen LogP contribution in [0, 0.1) is 0 Å². The Kier molecular flexibility index (Phi) is 7.21. The molecule has 27 heavy (non-hydrogen) atoms. The normalized spacial score (nSPS) is 10.2. The molecule has 0 unspecified atom stereocenters. The Bertz CT molecular complexity index is 871. The van der Waals surface area contributed by atoms with Crippen LogP contribution >= 0.6 is 23.2 Å². The highest BCUT2D eigenvalue weighted by molar-refractivity contribution is 6.36. The molecule has 142 valence electrons. The molecule has 8 heteroatoms. The second kappa shape index (κ2) is 9.39. The molecular weight excluding hydrogens is 391 g/mol. The summed E-state index contributed by atoms with van der Waals surface area (Å²) < 4.78 is 4.72. The van der Waals surface area contributed by atoms with Gasteiger partial charge in [-0.25, -0.2) is 4.79 Å². The fourth-order valence-electron chi connectivity index (χ4n) is 2.36. The summed E-state index contributed by atoms with van der Waals surface area (Å²) in [6.45, 7) is 1.58. The number of anilines is 1. The molecule has 6 nitrogen and oxygen atoms in total. The van der Waals surface area contributed by atoms with Crippen molar-refractivity contribution in [2.75, 3.05) is 25.1 Å². The minimum absolute atomic E-state index is 0.198. The number of carbonyl (C=O) groups excluding carboxylic acids is 3. The van der Waals surface area contributed by atoms with Gasteiger partial charge in [-0.2, -0.15) is 0 Å². The molecule has 2 aromatic rings. The lowest BCUT2D eigenvalue weighted by molar-refractivity contribution is -0.117. The first-order valence-electron chi connectivity index (χ1n) is 8.11. The van der Waals surface area contributed by atoms with Gasteiger partial charge < -0.3 is 15.0 Å². The van der Waals surface area contributed by atoms with Gasteiger partial charge in [0.25, 0.3) is 0 Å². The minimum Gasteiger partial charge on any atom is -0.450 e. The summed E-state index contributed by atoms with van der Waals surface area (Å²) in [5.41, 5.74) is 0.871. The number of benzene rings is 2. The molecule has 0 fully saturated rings. The van der Waals surface area contributed by atoms with Gasteiger partial charge >= 0.3 is 6.09 Å². The fourth-order valence-corrected chi connectivity index (χ4v) is 2.75. The maximum absolute atomic E-state index is 12.9. The van der Waals surface area contributed by atoms with Gasteiger partial charge in [0.2, 0.25) is 5.91 Å². The average molecular weight is 409 g/mol. The zero-order chi connectivity index (χ0) is 20.0. The highest BCUT2D eigenvalue weighted by Gasteiger charge is 2.22. The summed E-state index contributed by atoms with van der Waals surface area (Å²) in [5, 5.41) is 2.99. The molecule has 0 aliphatic carbocycles. The number of hydrogen-bond acceptors (Lipinski definition) is 4. The Balaban J connectivity index is 2.29. The summed E-state index contributed by atoms with van der Waals surface area (Å²) >= 11 is 12.2. The van der Waals surface area contributed by atoms with Gasteiger partial charge in [-0.1, -0.05) is 35.3 Å². The van der Waals surface area contributed by atoms with E-state index in [2.05, 4.69) is 5.32 Å². The van der Waals surface area contributed by atoms with Crippen LogP contribution in [0.15, 0.2) is 42.5 Å². The number of rotatable bonds is 6. The highest BCUT2D eigenvalue weighted by atomic mass is 35.5. The first-order chi connectivity index (χ1) is 12.8. The predicted octanol–water partition coefficient (Wildman–Crippen LogP) is 3.93. The minimum atomic E-state index is -0.692. The van der Waals surface area contributed by atoms with Crippen LogP contribution in [-0.4, -0.2) is 38.0 Å². The van der Waals surface area contributed by atoms with Gasteiger partial charge in [0.15, 0.2) is 5.78 Å². The number of nitrogens with zero attached hydrogens (tertiary/aromatic N) is 1. The second-order valence-electron chi connectivity index (χ2n) is 5.50. The molecule has 0 bridgehead atoms. The number of likely N-dealkylation sites (N-methyl/N-ethyl adjacent to an activating group) is 1. The van der Waals surface area contributed by atoms with Crippen LogP contribution in [0.4, 0.5) is 10.5 Å². The largest absolute Gasteiger partial charge is 0.450 e. The fraction of sp³-hybridized carbons (Fsp3) is 0.211. The van der Waals surface area contributed by atoms with Crippen molar-refractivity contribution in [2.24, 2.45) is 0 Å². The van der Waals surface area contributed by atoms with Gasteiger partial charge in [0.1, 0.15) is 6.54 Å². The van der Waals surface area contributed by atoms with Gasteiger partial charge in [0.05, 0.1) is 17.3 Å². The number of halogens is 2. The van der Waals surface area contributed by atoms with Crippen LogP contribution in [0.25, 0.3) is 0 Å². The van der Waals surface area contributed by atoms with Crippen molar-refractivity contribution in [3.05, 3.63) is 63.6 Å². The number of ether oxygens (including phenoxy) is 1. The van der Waals surface area contributed by atoms with E-state index in [0.717, 1.165) is 0 Å². The molecule has 0 atom stereocenters. The van der Waals surface area contributed by atoms with E-state index in [9.17, 15) is 14.4 Å². The molecule has 0 aliphatic heterocycles. The first-order valence-corrected chi connectivity index (χ1v) is 8.86. The van der Waals surface area contributed by atoms with Gasteiger partial charge in [-0.05, 0) is 37.3 Å². The molecule has 2 aromatic carbocycles. The van der Waals surface area contributed by atoms with Crippen molar-refractivity contribution in [3.8, 4) is 0 Å². The van der Waals surface area contributed by atoms with E-state index in [1.807, 2.05) is 0 Å². The maximum atomic E-state index is 12.9. The molecule has 1 N–H and O–H groups in total. The number of ketones is 1. The van der Waals surface area contributed by atoms with E-state index in [1.54, 1.807) is 43.3 Å². The standard InChI is InChI=1S/C19H18Cl2N2O4/c1-3-27-19(26)22-11-17(24)23(2)16-9-8-12(20)10-14(16)18(25)13-6-4-5-7-15(13)21/h4-10H,3,11H2,1-2H3,(H,22,26). The monoisotopic (exact) mass is 408 g/mol. The lowest BCUT2D eigenvalue weighted by atomic mass is 10.0. The Morgan fingerprint density at radius 3 is 2.44 bits per heavy atom. The lowest BCUT2D eigenvalue weighted by Crippen LogP contribution is -2.39. The lowest BCUT2D eigenvalue weighted by Gasteiger charge is -2.21. The van der Waals surface area contributed by atoms with E-state index < -0.39 is 12.0 Å². The Hall–Kier alpha value is -2.57. The number of nitrogens with one attached hydrogen (secondary N) is 1. The van der Waals surface area contributed by atoms with Crippen molar-refractivity contribution in [1.29, 1.82) is 0 Å². The van der Waals surface area contributed by atoms with E-state index in [-0.39, 0.29) is 24.5 Å². The summed E-state index contributed by atoms with van der Waals surface area (Å²) in [4.78, 5) is 38.0. The smallest absolute Gasteiger partial charge is 0.407 e. The maximum Gasteiger partial charge on any atom is 0.407 e. The molecule has 0 saturated heterocycles. The molecule has 0 saturated carbocycles. The van der Waals surface area contributed by atoms with Gasteiger partial charge in [0, 0.05) is 23.2 Å². The number of carbonyl (C=O) groups is 3.